The standard InChI is InChI=1S/C19H30N4O2/c24-18(9-14-23-13-7-15-25-23)21-16-17-8-6-10-20-19(17)22-11-4-2-1-3-5-12-22/h6,8,10H,1-5,7,9,11-16H2,(H,21,24). The third kappa shape index (κ3) is 5.68. The molecule has 0 radical (unpaired) electrons. The summed E-state index contributed by atoms with van der Waals surface area (Å²) in [5, 5.41) is 4.93. The number of nitrogens with zero attached hydrogens (tertiary/aromatic N) is 3. The van der Waals surface area contributed by atoms with Crippen molar-refractivity contribution in [1.29, 1.82) is 0 Å². The van der Waals surface area contributed by atoms with Gasteiger partial charge in [0.25, 0.3) is 0 Å². The van der Waals surface area contributed by atoms with Gasteiger partial charge in [0.05, 0.1) is 6.61 Å². The van der Waals surface area contributed by atoms with Crippen LogP contribution in [0, 0.1) is 0 Å². The number of amides is 1. The molecule has 0 spiro atoms. The van der Waals surface area contributed by atoms with Crippen molar-refractivity contribution in [2.75, 3.05) is 37.7 Å². The first-order valence-electron chi connectivity index (χ1n) is 9.66. The fraction of sp³-hybridized carbons (Fsp3) is 0.684. The van der Waals surface area contributed by atoms with Gasteiger partial charge in [0.2, 0.25) is 5.91 Å². The zero-order valence-electron chi connectivity index (χ0n) is 15.1. The topological polar surface area (TPSA) is 57.7 Å². The van der Waals surface area contributed by atoms with Crippen molar-refractivity contribution in [2.45, 2.75) is 51.5 Å². The minimum atomic E-state index is 0.0676. The second-order valence-electron chi connectivity index (χ2n) is 6.88. The van der Waals surface area contributed by atoms with E-state index in [1.165, 1.54) is 32.1 Å². The molecule has 0 aromatic carbocycles. The maximum atomic E-state index is 12.1. The van der Waals surface area contributed by atoms with Gasteiger partial charge in [-0.2, -0.15) is 5.06 Å². The fourth-order valence-electron chi connectivity index (χ4n) is 3.50. The molecule has 25 heavy (non-hydrogen) atoms. The first-order chi connectivity index (χ1) is 12.3. The van der Waals surface area contributed by atoms with Crippen LogP contribution in [0.25, 0.3) is 0 Å². The molecule has 2 aliphatic rings. The molecular formula is C19H30N4O2. The van der Waals surface area contributed by atoms with Crippen molar-refractivity contribution in [3.63, 3.8) is 0 Å². The van der Waals surface area contributed by atoms with Crippen molar-refractivity contribution in [3.05, 3.63) is 23.9 Å². The molecule has 3 rings (SSSR count). The molecule has 0 saturated carbocycles. The minimum Gasteiger partial charge on any atom is -0.356 e. The van der Waals surface area contributed by atoms with Gasteiger partial charge >= 0.3 is 0 Å². The van der Waals surface area contributed by atoms with Crippen LogP contribution in [0.1, 0.15) is 50.5 Å². The maximum Gasteiger partial charge on any atom is 0.221 e. The van der Waals surface area contributed by atoms with Crippen LogP contribution in [-0.2, 0) is 16.2 Å². The van der Waals surface area contributed by atoms with Crippen LogP contribution in [0.5, 0.6) is 0 Å². The summed E-state index contributed by atoms with van der Waals surface area (Å²) in [7, 11) is 0. The summed E-state index contributed by atoms with van der Waals surface area (Å²) in [4.78, 5) is 24.6. The minimum absolute atomic E-state index is 0.0676. The molecule has 2 aliphatic heterocycles. The highest BCUT2D eigenvalue weighted by molar-refractivity contribution is 5.76. The molecule has 6 heteroatoms. The molecular weight excluding hydrogens is 316 g/mol. The number of pyridine rings is 1. The lowest BCUT2D eigenvalue weighted by Gasteiger charge is -2.27. The van der Waals surface area contributed by atoms with Gasteiger partial charge in [-0.15, -0.1) is 0 Å². The number of hydroxylamine groups is 2. The first-order valence-corrected chi connectivity index (χ1v) is 9.66. The van der Waals surface area contributed by atoms with Crippen LogP contribution in [0.4, 0.5) is 5.82 Å². The number of anilines is 1. The van der Waals surface area contributed by atoms with Gasteiger partial charge in [0.1, 0.15) is 5.82 Å². The number of aromatic nitrogens is 1. The van der Waals surface area contributed by atoms with E-state index in [1.54, 1.807) is 0 Å². The van der Waals surface area contributed by atoms with E-state index in [0.29, 0.717) is 19.5 Å². The fourth-order valence-corrected chi connectivity index (χ4v) is 3.50. The Hall–Kier alpha value is -1.66. The predicted octanol–water partition coefficient (Wildman–Crippen LogP) is 2.50. The lowest BCUT2D eigenvalue weighted by Crippen LogP contribution is -2.31. The summed E-state index contributed by atoms with van der Waals surface area (Å²) in [6.45, 7) is 5.03. The highest BCUT2D eigenvalue weighted by Crippen LogP contribution is 2.21. The van der Waals surface area contributed by atoms with Crippen molar-refractivity contribution in [3.8, 4) is 0 Å². The molecule has 1 amide bonds. The quantitative estimate of drug-likeness (QED) is 0.858. The lowest BCUT2D eigenvalue weighted by atomic mass is 10.1. The van der Waals surface area contributed by atoms with E-state index in [1.807, 2.05) is 17.3 Å². The molecule has 1 aromatic heterocycles. The van der Waals surface area contributed by atoms with E-state index in [9.17, 15) is 4.79 Å². The van der Waals surface area contributed by atoms with Gasteiger partial charge in [-0.1, -0.05) is 25.3 Å². The van der Waals surface area contributed by atoms with E-state index in [-0.39, 0.29) is 5.91 Å². The zero-order valence-corrected chi connectivity index (χ0v) is 15.1. The molecule has 2 saturated heterocycles. The van der Waals surface area contributed by atoms with Gasteiger partial charge < -0.3 is 10.2 Å². The normalized spacial score (nSPS) is 19.4. The summed E-state index contributed by atoms with van der Waals surface area (Å²) in [5.41, 5.74) is 1.11. The Kier molecular flexibility index (Phi) is 7.06. The van der Waals surface area contributed by atoms with Crippen molar-refractivity contribution >= 4 is 11.7 Å². The largest absolute Gasteiger partial charge is 0.356 e. The second kappa shape index (κ2) is 9.73. The zero-order chi connectivity index (χ0) is 17.3. The highest BCUT2D eigenvalue weighted by atomic mass is 16.7. The number of nitrogens with one attached hydrogen (secondary N) is 1. The molecule has 1 aromatic rings. The number of hydrogen-bond donors (Lipinski definition) is 1. The van der Waals surface area contributed by atoms with Crippen molar-refractivity contribution < 1.29 is 9.63 Å². The van der Waals surface area contributed by atoms with Crippen molar-refractivity contribution in [2.24, 2.45) is 0 Å². The monoisotopic (exact) mass is 346 g/mol. The molecule has 2 fully saturated rings. The molecule has 0 unspecified atom stereocenters. The van der Waals surface area contributed by atoms with Gasteiger partial charge in [-0.05, 0) is 25.3 Å². The Balaban J connectivity index is 1.52. The summed E-state index contributed by atoms with van der Waals surface area (Å²) in [5.74, 6) is 1.10. The molecule has 0 atom stereocenters. The third-order valence-electron chi connectivity index (χ3n) is 4.91. The van der Waals surface area contributed by atoms with Gasteiger partial charge in [-0.3, -0.25) is 9.63 Å². The lowest BCUT2D eigenvalue weighted by molar-refractivity contribution is -0.130. The molecule has 6 nitrogen and oxygen atoms in total. The Labute approximate surface area is 150 Å². The molecule has 0 aliphatic carbocycles. The first kappa shape index (κ1) is 18.1. The van der Waals surface area contributed by atoms with Crippen LogP contribution in [0.2, 0.25) is 0 Å². The van der Waals surface area contributed by atoms with Crippen LogP contribution in [0.3, 0.4) is 0 Å². The van der Waals surface area contributed by atoms with Crippen LogP contribution in [0.15, 0.2) is 18.3 Å². The second-order valence-corrected chi connectivity index (χ2v) is 6.88. The van der Waals surface area contributed by atoms with Crippen LogP contribution >= 0.6 is 0 Å². The van der Waals surface area contributed by atoms with E-state index < -0.39 is 0 Å². The highest BCUT2D eigenvalue weighted by Gasteiger charge is 2.16. The van der Waals surface area contributed by atoms with Gasteiger partial charge in [0.15, 0.2) is 0 Å². The van der Waals surface area contributed by atoms with E-state index in [4.69, 9.17) is 4.84 Å². The van der Waals surface area contributed by atoms with E-state index >= 15 is 0 Å². The predicted molar refractivity (Wildman–Crippen MR) is 98.1 cm³/mol. The summed E-state index contributed by atoms with van der Waals surface area (Å²) in [6.07, 6.45) is 9.76. The molecule has 0 bridgehead atoms. The smallest absolute Gasteiger partial charge is 0.221 e. The van der Waals surface area contributed by atoms with Gasteiger partial charge in [0, 0.05) is 50.9 Å². The van der Waals surface area contributed by atoms with E-state index in [0.717, 1.165) is 44.0 Å². The molecule has 3 heterocycles. The number of rotatable bonds is 6. The maximum absolute atomic E-state index is 12.1. The summed E-state index contributed by atoms with van der Waals surface area (Å²) >= 11 is 0. The van der Waals surface area contributed by atoms with Crippen LogP contribution in [-0.4, -0.2) is 48.7 Å². The molecule has 138 valence electrons. The summed E-state index contributed by atoms with van der Waals surface area (Å²) < 4.78 is 0. The van der Waals surface area contributed by atoms with Crippen LogP contribution < -0.4 is 10.2 Å². The number of hydrogen-bond acceptors (Lipinski definition) is 5. The average molecular weight is 346 g/mol. The average Bonchev–Trinajstić information content (AvgIpc) is 3.12. The number of carbonyl (C=O) groups excluding carboxylic acids is 1. The number of carbonyl (C=O) groups is 1. The Morgan fingerprint density at radius 3 is 2.68 bits per heavy atom. The summed E-state index contributed by atoms with van der Waals surface area (Å²) in [6, 6.07) is 4.03. The Bertz CT molecular complexity index is 538. The van der Waals surface area contributed by atoms with E-state index in [2.05, 4.69) is 21.3 Å². The SMILES string of the molecule is O=C(CCN1CCCO1)NCc1cccnc1N1CCCCCCC1. The Morgan fingerprint density at radius 1 is 1.12 bits per heavy atom. The van der Waals surface area contributed by atoms with Gasteiger partial charge in [-0.25, -0.2) is 4.98 Å². The third-order valence-corrected chi connectivity index (χ3v) is 4.91. The Morgan fingerprint density at radius 2 is 1.92 bits per heavy atom. The van der Waals surface area contributed by atoms with Crippen molar-refractivity contribution in [1.82, 2.24) is 15.4 Å². The molecule has 1 N–H and O–H groups in total.